The molecule has 0 aliphatic heterocycles. The third kappa shape index (κ3) is 3.25. The predicted octanol–water partition coefficient (Wildman–Crippen LogP) is 2.62. The van der Waals surface area contributed by atoms with Crippen LogP contribution in [0.5, 0.6) is 0 Å². The summed E-state index contributed by atoms with van der Waals surface area (Å²) in [7, 11) is 0. The molecule has 2 aromatic carbocycles. The van der Waals surface area contributed by atoms with Crippen molar-refractivity contribution >= 4 is 17.3 Å². The van der Waals surface area contributed by atoms with Crippen molar-refractivity contribution in [1.82, 2.24) is 0 Å². The molecule has 4 nitrogen and oxygen atoms in total. The second-order valence-electron chi connectivity index (χ2n) is 3.79. The van der Waals surface area contributed by atoms with Crippen molar-refractivity contribution in [3.8, 4) is 0 Å². The average molecular weight is 242 g/mol. The van der Waals surface area contributed by atoms with E-state index in [4.69, 9.17) is 0 Å². The van der Waals surface area contributed by atoms with Gasteiger partial charge < -0.3 is 15.7 Å². The summed E-state index contributed by atoms with van der Waals surface area (Å²) in [6, 6.07) is 18.5. The molecule has 0 heterocycles. The van der Waals surface area contributed by atoms with E-state index in [-0.39, 0.29) is 0 Å². The third-order valence-corrected chi connectivity index (χ3v) is 2.42. The minimum absolute atomic E-state index is 0.758. The highest BCUT2D eigenvalue weighted by Crippen LogP contribution is 2.11. The normalized spacial score (nSPS) is 10.1. The minimum Gasteiger partial charge on any atom is -0.478 e. The van der Waals surface area contributed by atoms with Crippen LogP contribution in [-0.4, -0.2) is 17.2 Å². The first kappa shape index (κ1) is 12.0. The van der Waals surface area contributed by atoms with Crippen LogP contribution in [-0.2, 0) is 4.79 Å². The van der Waals surface area contributed by atoms with Crippen molar-refractivity contribution in [3.05, 3.63) is 60.7 Å². The van der Waals surface area contributed by atoms with Gasteiger partial charge in [0.2, 0.25) is 0 Å². The Kier molecular flexibility index (Phi) is 3.81. The molecule has 0 aromatic heterocycles. The van der Waals surface area contributed by atoms with E-state index in [1.54, 1.807) is 0 Å². The van der Waals surface area contributed by atoms with Gasteiger partial charge >= 0.3 is 5.97 Å². The van der Waals surface area contributed by atoms with Crippen molar-refractivity contribution in [3.63, 3.8) is 0 Å². The number of rotatable bonds is 5. The maximum absolute atomic E-state index is 11.2. The van der Waals surface area contributed by atoms with Crippen LogP contribution in [0.3, 0.4) is 0 Å². The molecule has 0 spiro atoms. The van der Waals surface area contributed by atoms with Crippen LogP contribution in [0.15, 0.2) is 60.7 Å². The van der Waals surface area contributed by atoms with E-state index in [0.29, 0.717) is 0 Å². The first-order valence-electron chi connectivity index (χ1n) is 5.62. The lowest BCUT2D eigenvalue weighted by Crippen LogP contribution is -2.36. The highest BCUT2D eigenvalue weighted by atomic mass is 16.4. The number of para-hydroxylation sites is 2. The zero-order valence-corrected chi connectivity index (χ0v) is 9.71. The van der Waals surface area contributed by atoms with E-state index in [0.717, 1.165) is 11.4 Å². The molecule has 0 saturated carbocycles. The smallest absolute Gasteiger partial charge is 0.347 e. The lowest BCUT2D eigenvalue weighted by Gasteiger charge is -2.18. The van der Waals surface area contributed by atoms with Gasteiger partial charge in [-0.2, -0.15) is 0 Å². The Morgan fingerprint density at radius 2 is 1.22 bits per heavy atom. The summed E-state index contributed by atoms with van der Waals surface area (Å²) in [5.74, 6) is -0.956. The van der Waals surface area contributed by atoms with E-state index in [1.165, 1.54) is 0 Å². The fraction of sp³-hybridized carbons (Fsp3) is 0.0714. The van der Waals surface area contributed by atoms with Crippen molar-refractivity contribution in [1.29, 1.82) is 0 Å². The Morgan fingerprint density at radius 3 is 1.56 bits per heavy atom. The van der Waals surface area contributed by atoms with Gasteiger partial charge in [0, 0.05) is 11.4 Å². The topological polar surface area (TPSA) is 61.4 Å². The van der Waals surface area contributed by atoms with Crippen LogP contribution >= 0.6 is 0 Å². The fourth-order valence-electron chi connectivity index (χ4n) is 1.56. The molecule has 18 heavy (non-hydrogen) atoms. The van der Waals surface area contributed by atoms with Gasteiger partial charge in [-0.05, 0) is 24.3 Å². The Balaban J connectivity index is 2.08. The Labute approximate surface area is 105 Å². The maximum Gasteiger partial charge on any atom is 0.347 e. The molecular formula is C14H14N2O2. The van der Waals surface area contributed by atoms with E-state index in [1.807, 2.05) is 60.7 Å². The molecule has 2 aromatic rings. The molecule has 4 heteroatoms. The van der Waals surface area contributed by atoms with Crippen molar-refractivity contribution < 1.29 is 9.90 Å². The van der Waals surface area contributed by atoms with E-state index in [9.17, 15) is 9.90 Å². The number of carboxylic acids is 1. The number of hydrogen-bond acceptors (Lipinski definition) is 3. The molecule has 3 N–H and O–H groups in total. The summed E-state index contributed by atoms with van der Waals surface area (Å²) >= 11 is 0. The maximum atomic E-state index is 11.2. The Hall–Kier alpha value is -2.49. The second-order valence-corrected chi connectivity index (χ2v) is 3.79. The Morgan fingerprint density at radius 1 is 0.833 bits per heavy atom. The van der Waals surface area contributed by atoms with E-state index >= 15 is 0 Å². The zero-order valence-electron chi connectivity index (χ0n) is 9.71. The molecule has 0 aliphatic rings. The van der Waals surface area contributed by atoms with Gasteiger partial charge in [0.25, 0.3) is 0 Å². The number of nitrogens with one attached hydrogen (secondary N) is 2. The molecule has 92 valence electrons. The van der Waals surface area contributed by atoms with Crippen LogP contribution in [0.1, 0.15) is 0 Å². The van der Waals surface area contributed by atoms with Gasteiger partial charge in [0.15, 0.2) is 6.17 Å². The predicted molar refractivity (Wildman–Crippen MR) is 71.6 cm³/mol. The summed E-state index contributed by atoms with van der Waals surface area (Å²) < 4.78 is 0. The highest BCUT2D eigenvalue weighted by molar-refractivity contribution is 5.80. The van der Waals surface area contributed by atoms with Gasteiger partial charge in [0.05, 0.1) is 0 Å². The number of anilines is 2. The number of carbonyl (C=O) groups is 1. The zero-order chi connectivity index (χ0) is 12.8. The largest absolute Gasteiger partial charge is 0.478 e. The van der Waals surface area contributed by atoms with Crippen molar-refractivity contribution in [2.24, 2.45) is 0 Å². The van der Waals surface area contributed by atoms with E-state index < -0.39 is 12.1 Å². The number of benzene rings is 2. The minimum atomic E-state index is -0.956. The quantitative estimate of drug-likeness (QED) is 0.705. The SMILES string of the molecule is O=C(O)C(Nc1ccccc1)Nc1ccccc1. The van der Waals surface area contributed by atoms with Gasteiger partial charge in [-0.25, -0.2) is 4.79 Å². The lowest BCUT2D eigenvalue weighted by atomic mass is 10.3. The van der Waals surface area contributed by atoms with Gasteiger partial charge in [-0.15, -0.1) is 0 Å². The molecule has 2 rings (SSSR count). The summed E-state index contributed by atoms with van der Waals surface area (Å²) in [5, 5.41) is 15.0. The first-order valence-corrected chi connectivity index (χ1v) is 5.62. The number of hydrogen-bond donors (Lipinski definition) is 3. The van der Waals surface area contributed by atoms with Gasteiger partial charge in [-0.1, -0.05) is 36.4 Å². The third-order valence-electron chi connectivity index (χ3n) is 2.42. The molecule has 0 fully saturated rings. The monoisotopic (exact) mass is 242 g/mol. The number of aliphatic carboxylic acids is 1. The molecule has 0 saturated heterocycles. The molecule has 0 aliphatic carbocycles. The van der Waals surface area contributed by atoms with Gasteiger partial charge in [0.1, 0.15) is 0 Å². The Bertz CT molecular complexity index is 458. The lowest BCUT2D eigenvalue weighted by molar-refractivity contribution is -0.137. The molecule has 0 atom stereocenters. The standard InChI is InChI=1S/C14H14N2O2/c17-14(18)13(15-11-7-3-1-4-8-11)16-12-9-5-2-6-10-12/h1-10,13,15-16H,(H,17,18). The molecular weight excluding hydrogens is 228 g/mol. The van der Waals surface area contributed by atoms with Crippen LogP contribution in [0, 0.1) is 0 Å². The van der Waals surface area contributed by atoms with Crippen molar-refractivity contribution in [2.45, 2.75) is 6.17 Å². The summed E-state index contributed by atoms with van der Waals surface area (Å²) in [6.07, 6.45) is -0.866. The van der Waals surface area contributed by atoms with Gasteiger partial charge in [-0.3, -0.25) is 0 Å². The molecule has 0 bridgehead atoms. The van der Waals surface area contributed by atoms with Crippen LogP contribution in [0.2, 0.25) is 0 Å². The van der Waals surface area contributed by atoms with Crippen molar-refractivity contribution in [2.75, 3.05) is 10.6 Å². The average Bonchev–Trinajstić information content (AvgIpc) is 2.40. The van der Waals surface area contributed by atoms with Crippen LogP contribution in [0.25, 0.3) is 0 Å². The fourth-order valence-corrected chi connectivity index (χ4v) is 1.56. The summed E-state index contributed by atoms with van der Waals surface area (Å²) in [5.41, 5.74) is 1.52. The molecule has 0 amide bonds. The van der Waals surface area contributed by atoms with Crippen LogP contribution in [0.4, 0.5) is 11.4 Å². The number of carboxylic acid groups (broad SMARTS) is 1. The summed E-state index contributed by atoms with van der Waals surface area (Å²) in [6.45, 7) is 0. The second kappa shape index (κ2) is 5.72. The molecule has 0 unspecified atom stereocenters. The summed E-state index contributed by atoms with van der Waals surface area (Å²) in [4.78, 5) is 11.2. The van der Waals surface area contributed by atoms with E-state index in [2.05, 4.69) is 10.6 Å². The molecule has 0 radical (unpaired) electrons. The first-order chi connectivity index (χ1) is 8.75. The van der Waals surface area contributed by atoms with Crippen LogP contribution < -0.4 is 10.6 Å². The highest BCUT2D eigenvalue weighted by Gasteiger charge is 2.16.